The Labute approximate surface area is 176 Å². The summed E-state index contributed by atoms with van der Waals surface area (Å²) in [6.45, 7) is 4.35. The highest BCUT2D eigenvalue weighted by molar-refractivity contribution is 7.89. The second-order valence-electron chi connectivity index (χ2n) is 7.62. The molecule has 1 heterocycles. The Bertz CT molecular complexity index is 1170. The second kappa shape index (κ2) is 8.18. The number of amides is 1. The van der Waals surface area contributed by atoms with Crippen LogP contribution in [0, 0.1) is 0 Å². The van der Waals surface area contributed by atoms with Gasteiger partial charge in [-0.2, -0.15) is 4.31 Å². The number of sulfonamides is 1. The van der Waals surface area contributed by atoms with Gasteiger partial charge in [0.15, 0.2) is 0 Å². The van der Waals surface area contributed by atoms with E-state index in [0.29, 0.717) is 24.3 Å². The number of benzene rings is 3. The van der Waals surface area contributed by atoms with Crippen molar-refractivity contribution in [3.63, 3.8) is 0 Å². The molecule has 1 N–H and O–H groups in total. The molecule has 0 radical (unpaired) electrons. The monoisotopic (exact) mass is 424 g/mol. The summed E-state index contributed by atoms with van der Waals surface area (Å²) in [4.78, 5) is 12.8. The molecule has 1 aliphatic heterocycles. The number of fused-ring (bicyclic) bond motifs is 1. The molecule has 0 spiro atoms. The Balaban J connectivity index is 1.50. The van der Waals surface area contributed by atoms with Crippen LogP contribution in [0.25, 0.3) is 10.8 Å². The summed E-state index contributed by atoms with van der Waals surface area (Å²) in [7, 11) is -3.63. The van der Waals surface area contributed by atoms with Gasteiger partial charge in [0.25, 0.3) is 5.91 Å². The molecule has 0 bridgehead atoms. The van der Waals surface area contributed by atoms with Crippen LogP contribution < -0.4 is 5.32 Å². The fourth-order valence-electron chi connectivity index (χ4n) is 3.72. The van der Waals surface area contributed by atoms with Crippen molar-refractivity contribution in [2.75, 3.05) is 18.4 Å². The first-order valence-corrected chi connectivity index (χ1v) is 11.3. The van der Waals surface area contributed by atoms with E-state index in [1.807, 2.05) is 56.3 Å². The van der Waals surface area contributed by atoms with E-state index in [-0.39, 0.29) is 23.0 Å². The number of nitrogens with zero attached hydrogens (tertiary/aromatic N) is 1. The van der Waals surface area contributed by atoms with E-state index >= 15 is 0 Å². The minimum Gasteiger partial charge on any atom is -0.373 e. The number of hydrogen-bond donors (Lipinski definition) is 1. The van der Waals surface area contributed by atoms with E-state index in [1.54, 1.807) is 0 Å². The molecule has 6 nitrogen and oxygen atoms in total. The molecule has 1 saturated heterocycles. The molecule has 7 heteroatoms. The van der Waals surface area contributed by atoms with Crippen LogP contribution in [-0.2, 0) is 14.8 Å². The van der Waals surface area contributed by atoms with Crippen molar-refractivity contribution >= 4 is 32.4 Å². The zero-order valence-electron chi connectivity index (χ0n) is 16.9. The number of carbonyl (C=O) groups is 1. The average Bonchev–Trinajstić information content (AvgIpc) is 2.73. The van der Waals surface area contributed by atoms with Crippen LogP contribution in [0.1, 0.15) is 24.2 Å². The zero-order valence-corrected chi connectivity index (χ0v) is 17.7. The van der Waals surface area contributed by atoms with Crippen LogP contribution >= 0.6 is 0 Å². The number of morpholine rings is 1. The molecule has 0 aliphatic carbocycles. The first kappa shape index (κ1) is 20.5. The van der Waals surface area contributed by atoms with Gasteiger partial charge in [0, 0.05) is 24.3 Å². The smallest absolute Gasteiger partial charge is 0.255 e. The highest BCUT2D eigenvalue weighted by atomic mass is 32.2. The molecule has 30 heavy (non-hydrogen) atoms. The summed E-state index contributed by atoms with van der Waals surface area (Å²) in [5, 5.41) is 5.00. The van der Waals surface area contributed by atoms with Crippen LogP contribution in [0.15, 0.2) is 71.6 Å². The van der Waals surface area contributed by atoms with Crippen molar-refractivity contribution in [1.29, 1.82) is 0 Å². The lowest BCUT2D eigenvalue weighted by atomic mass is 10.1. The van der Waals surface area contributed by atoms with Gasteiger partial charge in [0.1, 0.15) is 0 Å². The molecule has 4 rings (SSSR count). The Morgan fingerprint density at radius 3 is 2.23 bits per heavy atom. The normalized spacial score (nSPS) is 20.2. The Kier molecular flexibility index (Phi) is 5.60. The molecule has 1 fully saturated rings. The lowest BCUT2D eigenvalue weighted by molar-refractivity contribution is -0.0440. The third-order valence-electron chi connectivity index (χ3n) is 5.15. The van der Waals surface area contributed by atoms with Crippen LogP contribution in [0.3, 0.4) is 0 Å². The number of hydrogen-bond acceptors (Lipinski definition) is 4. The third kappa shape index (κ3) is 4.23. The predicted octanol–water partition coefficient (Wildman–Crippen LogP) is 3.89. The summed E-state index contributed by atoms with van der Waals surface area (Å²) in [6.07, 6.45) is -0.314. The highest BCUT2D eigenvalue weighted by Crippen LogP contribution is 2.23. The van der Waals surface area contributed by atoms with Crippen molar-refractivity contribution in [2.45, 2.75) is 31.0 Å². The van der Waals surface area contributed by atoms with Crippen molar-refractivity contribution < 1.29 is 17.9 Å². The highest BCUT2D eigenvalue weighted by Gasteiger charge is 2.32. The van der Waals surface area contributed by atoms with Crippen LogP contribution in [0.4, 0.5) is 5.69 Å². The maximum absolute atomic E-state index is 12.9. The van der Waals surface area contributed by atoms with Crippen LogP contribution in [0.2, 0.25) is 0 Å². The number of rotatable bonds is 4. The lowest BCUT2D eigenvalue weighted by Gasteiger charge is -2.34. The van der Waals surface area contributed by atoms with Gasteiger partial charge in [-0.15, -0.1) is 0 Å². The molecule has 3 aromatic rings. The van der Waals surface area contributed by atoms with E-state index in [9.17, 15) is 13.2 Å². The van der Waals surface area contributed by atoms with E-state index < -0.39 is 10.0 Å². The quantitative estimate of drug-likeness (QED) is 0.689. The predicted molar refractivity (Wildman–Crippen MR) is 117 cm³/mol. The zero-order chi connectivity index (χ0) is 21.3. The molecule has 156 valence electrons. The van der Waals surface area contributed by atoms with Gasteiger partial charge in [-0.25, -0.2) is 8.42 Å². The van der Waals surface area contributed by atoms with Crippen molar-refractivity contribution in [3.8, 4) is 0 Å². The van der Waals surface area contributed by atoms with E-state index in [2.05, 4.69) is 5.32 Å². The van der Waals surface area contributed by atoms with Gasteiger partial charge in [-0.1, -0.05) is 30.3 Å². The summed E-state index contributed by atoms with van der Waals surface area (Å²) >= 11 is 0. The second-order valence-corrected chi connectivity index (χ2v) is 9.56. The molecule has 0 saturated carbocycles. The fourth-order valence-corrected chi connectivity index (χ4v) is 5.32. The number of nitrogens with one attached hydrogen (secondary N) is 1. The maximum Gasteiger partial charge on any atom is 0.255 e. The molecule has 3 aromatic carbocycles. The molecule has 1 aliphatic rings. The van der Waals surface area contributed by atoms with Crippen molar-refractivity contribution in [1.82, 2.24) is 4.31 Å². The van der Waals surface area contributed by atoms with Gasteiger partial charge >= 0.3 is 0 Å². The summed E-state index contributed by atoms with van der Waals surface area (Å²) in [6, 6.07) is 19.7. The van der Waals surface area contributed by atoms with Crippen molar-refractivity contribution in [3.05, 3.63) is 72.3 Å². The molecule has 2 atom stereocenters. The Morgan fingerprint density at radius 1 is 0.933 bits per heavy atom. The van der Waals surface area contributed by atoms with Crippen molar-refractivity contribution in [2.24, 2.45) is 0 Å². The van der Waals surface area contributed by atoms with Gasteiger partial charge in [0.2, 0.25) is 10.0 Å². The molecular formula is C23H24N2O4S. The SMILES string of the molecule is C[C@@H]1CN(S(=O)(=O)c2ccc(C(=O)Nc3ccc4ccccc4c3)cc2)C[C@@H](C)O1. The number of anilines is 1. The standard InChI is InChI=1S/C23H24N2O4S/c1-16-14-25(15-17(2)29-16)30(27,28)22-11-8-19(9-12-22)23(26)24-21-10-7-18-5-3-4-6-20(18)13-21/h3-13,16-17H,14-15H2,1-2H3,(H,24,26)/t16-,17-/m1/s1. The summed E-state index contributed by atoms with van der Waals surface area (Å²) in [5.41, 5.74) is 1.08. The van der Waals surface area contributed by atoms with Gasteiger partial charge in [-0.3, -0.25) is 4.79 Å². The minimum atomic E-state index is -3.63. The largest absolute Gasteiger partial charge is 0.373 e. The topological polar surface area (TPSA) is 75.7 Å². The first-order valence-electron chi connectivity index (χ1n) is 9.89. The van der Waals surface area contributed by atoms with Gasteiger partial charge in [-0.05, 0) is 61.0 Å². The van der Waals surface area contributed by atoms with E-state index in [0.717, 1.165) is 10.8 Å². The maximum atomic E-state index is 12.9. The Hall–Kier alpha value is -2.74. The summed E-state index contributed by atoms with van der Waals surface area (Å²) < 4.78 is 33.0. The molecular weight excluding hydrogens is 400 g/mol. The van der Waals surface area contributed by atoms with Crippen LogP contribution in [-0.4, -0.2) is 43.9 Å². The minimum absolute atomic E-state index is 0.157. The van der Waals surface area contributed by atoms with Gasteiger partial charge in [0.05, 0.1) is 17.1 Å². The molecule has 0 unspecified atom stereocenters. The molecule has 1 amide bonds. The van der Waals surface area contributed by atoms with Crippen LogP contribution in [0.5, 0.6) is 0 Å². The molecule has 0 aromatic heterocycles. The Morgan fingerprint density at radius 2 is 1.57 bits per heavy atom. The lowest BCUT2D eigenvalue weighted by Crippen LogP contribution is -2.48. The third-order valence-corrected chi connectivity index (χ3v) is 6.99. The van der Waals surface area contributed by atoms with Gasteiger partial charge < -0.3 is 10.1 Å². The average molecular weight is 425 g/mol. The first-order chi connectivity index (χ1) is 14.3. The number of carbonyl (C=O) groups excluding carboxylic acids is 1. The summed E-state index contributed by atoms with van der Waals surface area (Å²) in [5.74, 6) is -0.289. The van der Waals surface area contributed by atoms with E-state index in [4.69, 9.17) is 4.74 Å². The number of ether oxygens (including phenoxy) is 1. The fraction of sp³-hybridized carbons (Fsp3) is 0.261. The van der Waals surface area contributed by atoms with E-state index in [1.165, 1.54) is 28.6 Å².